The largest absolute Gasteiger partial charge is 0.573 e. The standard InChI is InChI=1S/C10H7ClF3IO2/c11-4-3-8(16)7-5-6(15)1-2-9(7)17-10(12,13)14/h1-2,5H,3-4H2. The van der Waals surface area contributed by atoms with Crippen molar-refractivity contribution in [2.75, 3.05) is 5.88 Å². The number of hydrogen-bond donors (Lipinski definition) is 0. The minimum atomic E-state index is -4.82. The molecule has 0 saturated carbocycles. The number of alkyl halides is 4. The lowest BCUT2D eigenvalue weighted by atomic mass is 10.1. The van der Waals surface area contributed by atoms with E-state index in [0.717, 1.165) is 6.07 Å². The van der Waals surface area contributed by atoms with Crippen LogP contribution in [0.3, 0.4) is 0 Å². The van der Waals surface area contributed by atoms with E-state index in [4.69, 9.17) is 11.6 Å². The molecule has 94 valence electrons. The van der Waals surface area contributed by atoms with Crippen molar-refractivity contribution < 1.29 is 22.7 Å². The van der Waals surface area contributed by atoms with Crippen molar-refractivity contribution in [3.05, 3.63) is 27.3 Å². The van der Waals surface area contributed by atoms with Gasteiger partial charge in [0, 0.05) is 15.9 Å². The van der Waals surface area contributed by atoms with Gasteiger partial charge in [-0.05, 0) is 40.8 Å². The Morgan fingerprint density at radius 3 is 2.59 bits per heavy atom. The Morgan fingerprint density at radius 2 is 2.06 bits per heavy atom. The van der Waals surface area contributed by atoms with E-state index < -0.39 is 17.9 Å². The fourth-order valence-corrected chi connectivity index (χ4v) is 1.82. The second-order valence-corrected chi connectivity index (χ2v) is 4.67. The number of ketones is 1. The fourth-order valence-electron chi connectivity index (χ4n) is 1.15. The van der Waals surface area contributed by atoms with Gasteiger partial charge in [-0.1, -0.05) is 0 Å². The summed E-state index contributed by atoms with van der Waals surface area (Å²) < 4.78 is 40.8. The molecule has 1 aromatic carbocycles. The van der Waals surface area contributed by atoms with Gasteiger partial charge in [0.05, 0.1) is 5.56 Å². The zero-order valence-electron chi connectivity index (χ0n) is 8.35. The molecule has 0 unspecified atom stereocenters. The molecule has 2 nitrogen and oxygen atoms in total. The van der Waals surface area contributed by atoms with Crippen LogP contribution in [0.4, 0.5) is 13.2 Å². The number of rotatable bonds is 4. The first-order valence-electron chi connectivity index (χ1n) is 4.48. The number of Topliss-reactive ketones (excluding diaryl/α,β-unsaturated/α-hetero) is 1. The van der Waals surface area contributed by atoms with Gasteiger partial charge in [-0.3, -0.25) is 4.79 Å². The second kappa shape index (κ2) is 5.90. The first-order valence-corrected chi connectivity index (χ1v) is 6.09. The Balaban J connectivity index is 3.08. The number of halogens is 5. The number of ether oxygens (including phenoxy) is 1. The van der Waals surface area contributed by atoms with Gasteiger partial charge in [-0.15, -0.1) is 24.8 Å². The maximum absolute atomic E-state index is 12.1. The predicted octanol–water partition coefficient (Wildman–Crippen LogP) is 4.00. The Bertz CT molecular complexity index is 421. The normalized spacial score (nSPS) is 11.4. The van der Waals surface area contributed by atoms with Gasteiger partial charge in [0.1, 0.15) is 5.75 Å². The summed E-state index contributed by atoms with van der Waals surface area (Å²) in [6.45, 7) is 0. The van der Waals surface area contributed by atoms with E-state index in [2.05, 4.69) is 4.74 Å². The van der Waals surface area contributed by atoms with E-state index in [0.29, 0.717) is 3.57 Å². The first-order chi connectivity index (χ1) is 7.83. The third kappa shape index (κ3) is 4.71. The van der Waals surface area contributed by atoms with Crippen LogP contribution in [-0.2, 0) is 0 Å². The highest BCUT2D eigenvalue weighted by atomic mass is 127. The molecule has 1 rings (SSSR count). The van der Waals surface area contributed by atoms with Crippen LogP contribution in [0.15, 0.2) is 18.2 Å². The summed E-state index contributed by atoms with van der Waals surface area (Å²) in [5.41, 5.74) is -0.102. The van der Waals surface area contributed by atoms with Gasteiger partial charge in [0.15, 0.2) is 5.78 Å². The molecule has 0 bridgehead atoms. The molecule has 0 fully saturated rings. The van der Waals surface area contributed by atoms with Crippen molar-refractivity contribution in [3.63, 3.8) is 0 Å². The van der Waals surface area contributed by atoms with Gasteiger partial charge in [0.2, 0.25) is 0 Å². The highest BCUT2D eigenvalue weighted by Crippen LogP contribution is 2.28. The number of benzene rings is 1. The third-order valence-electron chi connectivity index (χ3n) is 1.79. The van der Waals surface area contributed by atoms with Crippen LogP contribution < -0.4 is 4.74 Å². The van der Waals surface area contributed by atoms with Crippen LogP contribution in [0.1, 0.15) is 16.8 Å². The molecular weight excluding hydrogens is 371 g/mol. The first kappa shape index (κ1) is 14.6. The van der Waals surface area contributed by atoms with E-state index in [9.17, 15) is 18.0 Å². The van der Waals surface area contributed by atoms with Crippen molar-refractivity contribution in [3.8, 4) is 5.75 Å². The summed E-state index contributed by atoms with van der Waals surface area (Å²) in [5.74, 6) is -0.915. The Morgan fingerprint density at radius 1 is 1.41 bits per heavy atom. The molecule has 17 heavy (non-hydrogen) atoms. The molecule has 0 saturated heterocycles. The minimum absolute atomic E-state index is 0.0319. The minimum Gasteiger partial charge on any atom is -0.405 e. The lowest BCUT2D eigenvalue weighted by Gasteiger charge is -2.12. The van der Waals surface area contributed by atoms with Crippen LogP contribution in [0, 0.1) is 3.57 Å². The Kier molecular flexibility index (Phi) is 5.05. The quantitative estimate of drug-likeness (QED) is 0.450. The summed E-state index contributed by atoms with van der Waals surface area (Å²) >= 11 is 7.28. The van der Waals surface area contributed by atoms with Gasteiger partial charge in [-0.2, -0.15) is 0 Å². The summed E-state index contributed by atoms with van der Waals surface area (Å²) in [4.78, 5) is 11.6. The molecule has 0 amide bonds. The average molecular weight is 379 g/mol. The molecule has 1 aromatic rings. The molecule has 0 atom stereocenters. The van der Waals surface area contributed by atoms with Gasteiger partial charge in [0.25, 0.3) is 0 Å². The van der Waals surface area contributed by atoms with E-state index >= 15 is 0 Å². The van der Waals surface area contributed by atoms with Crippen LogP contribution in [0.5, 0.6) is 5.75 Å². The number of carbonyl (C=O) groups is 1. The maximum Gasteiger partial charge on any atom is 0.573 e. The van der Waals surface area contributed by atoms with Crippen LogP contribution in [-0.4, -0.2) is 18.0 Å². The molecule has 0 heterocycles. The number of carbonyl (C=O) groups excluding carboxylic acids is 1. The SMILES string of the molecule is O=C(CCCl)c1cc(I)ccc1OC(F)(F)F. The fraction of sp³-hybridized carbons (Fsp3) is 0.300. The van der Waals surface area contributed by atoms with Crippen molar-refractivity contribution in [1.29, 1.82) is 0 Å². The van der Waals surface area contributed by atoms with Crippen molar-refractivity contribution in [1.82, 2.24) is 0 Å². The van der Waals surface area contributed by atoms with Crippen molar-refractivity contribution in [2.45, 2.75) is 12.8 Å². The molecule has 0 spiro atoms. The molecule has 0 radical (unpaired) electrons. The highest BCUT2D eigenvalue weighted by Gasteiger charge is 2.32. The smallest absolute Gasteiger partial charge is 0.405 e. The molecule has 0 aromatic heterocycles. The van der Waals surface area contributed by atoms with Crippen LogP contribution >= 0.6 is 34.2 Å². The number of hydrogen-bond acceptors (Lipinski definition) is 2. The molecule has 7 heteroatoms. The third-order valence-corrected chi connectivity index (χ3v) is 2.65. The molecule has 0 aliphatic carbocycles. The van der Waals surface area contributed by atoms with E-state index in [1.165, 1.54) is 12.1 Å². The molecule has 0 aliphatic rings. The summed E-state index contributed by atoms with van der Waals surface area (Å²) in [6.07, 6.45) is -4.85. The summed E-state index contributed by atoms with van der Waals surface area (Å²) in [5, 5.41) is 0. The van der Waals surface area contributed by atoms with E-state index in [-0.39, 0.29) is 17.9 Å². The highest BCUT2D eigenvalue weighted by molar-refractivity contribution is 14.1. The lowest BCUT2D eigenvalue weighted by molar-refractivity contribution is -0.274. The Hall–Kier alpha value is -0.500. The molecular formula is C10H7ClF3IO2. The van der Waals surface area contributed by atoms with Crippen molar-refractivity contribution in [2.24, 2.45) is 0 Å². The topological polar surface area (TPSA) is 26.3 Å². The monoisotopic (exact) mass is 378 g/mol. The van der Waals surface area contributed by atoms with Gasteiger partial charge < -0.3 is 4.74 Å². The summed E-state index contributed by atoms with van der Waals surface area (Å²) in [6, 6.07) is 3.90. The van der Waals surface area contributed by atoms with Crippen LogP contribution in [0.25, 0.3) is 0 Å². The molecule has 0 aliphatic heterocycles. The predicted molar refractivity (Wildman–Crippen MR) is 65.5 cm³/mol. The van der Waals surface area contributed by atoms with Crippen molar-refractivity contribution >= 4 is 40.0 Å². The van der Waals surface area contributed by atoms with Crippen LogP contribution in [0.2, 0.25) is 0 Å². The molecule has 0 N–H and O–H groups in total. The van der Waals surface area contributed by atoms with E-state index in [1.807, 2.05) is 22.6 Å². The van der Waals surface area contributed by atoms with E-state index in [1.54, 1.807) is 0 Å². The zero-order chi connectivity index (χ0) is 13.1. The van der Waals surface area contributed by atoms with Gasteiger partial charge in [-0.25, -0.2) is 0 Å². The zero-order valence-corrected chi connectivity index (χ0v) is 11.3. The van der Waals surface area contributed by atoms with Gasteiger partial charge >= 0.3 is 6.36 Å². The summed E-state index contributed by atoms with van der Waals surface area (Å²) in [7, 11) is 0. The maximum atomic E-state index is 12.1. The second-order valence-electron chi connectivity index (χ2n) is 3.05. The average Bonchev–Trinajstić information content (AvgIpc) is 2.19. The Labute approximate surface area is 114 Å². The lowest BCUT2D eigenvalue weighted by Crippen LogP contribution is -2.19.